The van der Waals surface area contributed by atoms with E-state index in [1.54, 1.807) is 37.3 Å². The fourth-order valence-corrected chi connectivity index (χ4v) is 1.30. The molecule has 0 atom stereocenters. The molecule has 0 aromatic heterocycles. The average molecular weight is 268 g/mol. The molecule has 0 aliphatic carbocycles. The minimum atomic E-state index is -0.559. The van der Waals surface area contributed by atoms with Crippen molar-refractivity contribution in [1.29, 1.82) is 0 Å². The molecule has 0 radical (unpaired) electrons. The molecule has 18 heavy (non-hydrogen) atoms. The van der Waals surface area contributed by atoms with Gasteiger partial charge in [-0.05, 0) is 30.7 Å². The lowest BCUT2D eigenvalue weighted by Gasteiger charge is -2.01. The molecule has 4 nitrogen and oxygen atoms in total. The number of likely N-dealkylation sites (N-methyl/N-ethyl adjacent to an activating group) is 1. The lowest BCUT2D eigenvalue weighted by Crippen LogP contribution is -2.28. The maximum atomic E-state index is 11.3. The van der Waals surface area contributed by atoms with Crippen LogP contribution >= 0.6 is 11.6 Å². The molecule has 1 N–H and O–H groups in total. The molecule has 1 aromatic carbocycles. The normalized spacial score (nSPS) is 10.3. The van der Waals surface area contributed by atoms with Crippen molar-refractivity contribution in [3.63, 3.8) is 0 Å². The van der Waals surface area contributed by atoms with Crippen molar-refractivity contribution in [1.82, 2.24) is 5.32 Å². The Hall–Kier alpha value is -1.81. The minimum Gasteiger partial charge on any atom is -0.452 e. The summed E-state index contributed by atoms with van der Waals surface area (Å²) < 4.78 is 4.74. The van der Waals surface area contributed by atoms with Gasteiger partial charge < -0.3 is 10.1 Å². The molecule has 0 aliphatic heterocycles. The van der Waals surface area contributed by atoms with Crippen LogP contribution in [-0.4, -0.2) is 25.0 Å². The standard InChI is InChI=1S/C13H14ClNO3/c1-2-15-12(16)9-18-13(17)8-5-10-3-6-11(14)7-4-10/h3-8H,2,9H2,1H3,(H,15,16)/b8-5+. The number of carbonyl (C=O) groups excluding carboxylic acids is 2. The van der Waals surface area contributed by atoms with Crippen molar-refractivity contribution >= 4 is 29.6 Å². The predicted molar refractivity (Wildman–Crippen MR) is 70.1 cm³/mol. The van der Waals surface area contributed by atoms with Gasteiger partial charge in [-0.2, -0.15) is 0 Å². The van der Waals surface area contributed by atoms with Gasteiger partial charge in [0.1, 0.15) is 0 Å². The van der Waals surface area contributed by atoms with Crippen LogP contribution in [0.5, 0.6) is 0 Å². The Morgan fingerprint density at radius 2 is 2.00 bits per heavy atom. The van der Waals surface area contributed by atoms with Gasteiger partial charge in [0.15, 0.2) is 6.61 Å². The molecule has 0 bridgehead atoms. The molecular formula is C13H14ClNO3. The summed E-state index contributed by atoms with van der Waals surface area (Å²) in [6.45, 7) is 2.04. The van der Waals surface area contributed by atoms with Crippen LogP contribution < -0.4 is 5.32 Å². The molecule has 1 amide bonds. The second-order valence-corrected chi connectivity index (χ2v) is 3.88. The number of ether oxygens (including phenoxy) is 1. The van der Waals surface area contributed by atoms with Crippen LogP contribution in [0.3, 0.4) is 0 Å². The van der Waals surface area contributed by atoms with Gasteiger partial charge in [-0.15, -0.1) is 0 Å². The second-order valence-electron chi connectivity index (χ2n) is 3.45. The van der Waals surface area contributed by atoms with E-state index in [0.717, 1.165) is 5.56 Å². The third-order valence-electron chi connectivity index (χ3n) is 2.00. The maximum absolute atomic E-state index is 11.3. The van der Waals surface area contributed by atoms with Crippen LogP contribution in [0, 0.1) is 0 Å². The number of amides is 1. The summed E-state index contributed by atoms with van der Waals surface area (Å²) in [6, 6.07) is 6.99. The first-order valence-electron chi connectivity index (χ1n) is 5.49. The Morgan fingerprint density at radius 3 is 2.61 bits per heavy atom. The van der Waals surface area contributed by atoms with Crippen molar-refractivity contribution in [2.75, 3.05) is 13.2 Å². The SMILES string of the molecule is CCNC(=O)COC(=O)/C=C/c1ccc(Cl)cc1. The van der Waals surface area contributed by atoms with Crippen molar-refractivity contribution in [3.8, 4) is 0 Å². The molecule has 0 saturated carbocycles. The summed E-state index contributed by atoms with van der Waals surface area (Å²) in [5.41, 5.74) is 0.828. The van der Waals surface area contributed by atoms with Crippen molar-refractivity contribution < 1.29 is 14.3 Å². The van der Waals surface area contributed by atoms with Crippen LogP contribution in [0.2, 0.25) is 5.02 Å². The Balaban J connectivity index is 2.40. The highest BCUT2D eigenvalue weighted by molar-refractivity contribution is 6.30. The van der Waals surface area contributed by atoms with Crippen LogP contribution in [0.25, 0.3) is 6.08 Å². The molecule has 0 saturated heterocycles. The average Bonchev–Trinajstić information content (AvgIpc) is 2.36. The van der Waals surface area contributed by atoms with Crippen LogP contribution in [0.15, 0.2) is 30.3 Å². The summed E-state index contributed by atoms with van der Waals surface area (Å²) in [6.07, 6.45) is 2.86. The first-order valence-corrected chi connectivity index (χ1v) is 5.86. The number of halogens is 1. The van der Waals surface area contributed by atoms with Gasteiger partial charge in [0.05, 0.1) is 0 Å². The van der Waals surface area contributed by atoms with E-state index in [0.29, 0.717) is 11.6 Å². The molecule has 96 valence electrons. The molecule has 1 rings (SSSR count). The highest BCUT2D eigenvalue weighted by atomic mass is 35.5. The quantitative estimate of drug-likeness (QED) is 0.656. The Labute approximate surface area is 111 Å². The van der Waals surface area contributed by atoms with Gasteiger partial charge in [0.25, 0.3) is 5.91 Å². The monoisotopic (exact) mass is 267 g/mol. The Kier molecular flexibility index (Phi) is 5.94. The fourth-order valence-electron chi connectivity index (χ4n) is 1.17. The molecule has 0 aliphatic rings. The largest absolute Gasteiger partial charge is 0.452 e. The zero-order valence-corrected chi connectivity index (χ0v) is 10.7. The second kappa shape index (κ2) is 7.50. The molecule has 0 fully saturated rings. The van der Waals surface area contributed by atoms with E-state index in [2.05, 4.69) is 5.32 Å². The van der Waals surface area contributed by atoms with E-state index >= 15 is 0 Å². The summed E-state index contributed by atoms with van der Waals surface area (Å²) in [5, 5.41) is 3.16. The topological polar surface area (TPSA) is 55.4 Å². The summed E-state index contributed by atoms with van der Waals surface area (Å²) in [4.78, 5) is 22.3. The summed E-state index contributed by atoms with van der Waals surface area (Å²) >= 11 is 5.73. The van der Waals surface area contributed by atoms with Gasteiger partial charge in [0.2, 0.25) is 0 Å². The van der Waals surface area contributed by atoms with E-state index in [9.17, 15) is 9.59 Å². The lowest BCUT2D eigenvalue weighted by molar-refractivity contribution is -0.143. The zero-order valence-electron chi connectivity index (χ0n) is 9.98. The van der Waals surface area contributed by atoms with Crippen LogP contribution in [0.1, 0.15) is 12.5 Å². The Morgan fingerprint density at radius 1 is 1.33 bits per heavy atom. The molecule has 1 aromatic rings. The Bertz CT molecular complexity index is 440. The maximum Gasteiger partial charge on any atom is 0.331 e. The highest BCUT2D eigenvalue weighted by Crippen LogP contribution is 2.10. The molecule has 0 unspecified atom stereocenters. The number of nitrogens with one attached hydrogen (secondary N) is 1. The third-order valence-corrected chi connectivity index (χ3v) is 2.25. The molecule has 0 spiro atoms. The minimum absolute atomic E-state index is 0.266. The van der Waals surface area contributed by atoms with Crippen molar-refractivity contribution in [2.24, 2.45) is 0 Å². The van der Waals surface area contributed by atoms with Gasteiger partial charge in [-0.3, -0.25) is 4.79 Å². The van der Waals surface area contributed by atoms with Gasteiger partial charge in [-0.1, -0.05) is 23.7 Å². The number of rotatable bonds is 5. The van der Waals surface area contributed by atoms with E-state index < -0.39 is 5.97 Å². The molecular weight excluding hydrogens is 254 g/mol. The number of hydrogen-bond acceptors (Lipinski definition) is 3. The third kappa shape index (κ3) is 5.50. The summed E-state index contributed by atoms with van der Waals surface area (Å²) in [7, 11) is 0. The predicted octanol–water partition coefficient (Wildman–Crippen LogP) is 2.03. The highest BCUT2D eigenvalue weighted by Gasteiger charge is 2.02. The number of carbonyl (C=O) groups is 2. The number of esters is 1. The first kappa shape index (κ1) is 14.3. The van der Waals surface area contributed by atoms with Crippen LogP contribution in [-0.2, 0) is 14.3 Å². The molecule has 0 heterocycles. The van der Waals surface area contributed by atoms with Gasteiger partial charge in [-0.25, -0.2) is 4.79 Å². The van der Waals surface area contributed by atoms with Gasteiger partial charge >= 0.3 is 5.97 Å². The number of benzene rings is 1. The smallest absolute Gasteiger partial charge is 0.331 e. The van der Waals surface area contributed by atoms with Crippen molar-refractivity contribution in [3.05, 3.63) is 40.9 Å². The van der Waals surface area contributed by atoms with E-state index in [1.807, 2.05) is 0 Å². The zero-order chi connectivity index (χ0) is 13.4. The number of hydrogen-bond donors (Lipinski definition) is 1. The van der Waals surface area contributed by atoms with E-state index in [1.165, 1.54) is 6.08 Å². The van der Waals surface area contributed by atoms with E-state index in [-0.39, 0.29) is 12.5 Å². The molecule has 5 heteroatoms. The lowest BCUT2D eigenvalue weighted by atomic mass is 10.2. The van der Waals surface area contributed by atoms with Crippen molar-refractivity contribution in [2.45, 2.75) is 6.92 Å². The first-order chi connectivity index (χ1) is 8.61. The van der Waals surface area contributed by atoms with E-state index in [4.69, 9.17) is 16.3 Å². The van der Waals surface area contributed by atoms with Crippen LogP contribution in [0.4, 0.5) is 0 Å². The summed E-state index contributed by atoms with van der Waals surface area (Å²) in [5.74, 6) is -0.873. The fraction of sp³-hybridized carbons (Fsp3) is 0.231. The van der Waals surface area contributed by atoms with Gasteiger partial charge in [0, 0.05) is 17.6 Å².